The van der Waals surface area contributed by atoms with E-state index in [-0.39, 0.29) is 0 Å². The molecule has 1 rings (SSSR count). The zero-order chi connectivity index (χ0) is 13.5. The first-order chi connectivity index (χ1) is 8.52. The van der Waals surface area contributed by atoms with Gasteiger partial charge in [-0.2, -0.15) is 0 Å². The van der Waals surface area contributed by atoms with Gasteiger partial charge in [0.05, 0.1) is 0 Å². The lowest BCUT2D eigenvalue weighted by Gasteiger charge is -2.27. The topological polar surface area (TPSA) is 45.4 Å². The van der Waals surface area contributed by atoms with Crippen LogP contribution in [0.4, 0.5) is 5.82 Å². The highest BCUT2D eigenvalue weighted by atomic mass is 15.2. The van der Waals surface area contributed by atoms with Crippen molar-refractivity contribution in [3.05, 3.63) is 23.9 Å². The van der Waals surface area contributed by atoms with Crippen LogP contribution in [0.3, 0.4) is 0 Å². The zero-order valence-corrected chi connectivity index (χ0v) is 12.1. The molecule has 0 saturated carbocycles. The Morgan fingerprint density at radius 1 is 1.22 bits per heavy atom. The van der Waals surface area contributed by atoms with Crippen molar-refractivity contribution in [1.29, 1.82) is 0 Å². The van der Waals surface area contributed by atoms with E-state index in [9.17, 15) is 0 Å². The van der Waals surface area contributed by atoms with E-state index in [1.54, 1.807) is 0 Å². The third kappa shape index (κ3) is 5.02. The van der Waals surface area contributed by atoms with Gasteiger partial charge in [0.25, 0.3) is 0 Å². The lowest BCUT2D eigenvalue weighted by atomic mass is 10.2. The Morgan fingerprint density at radius 3 is 2.39 bits per heavy atom. The summed E-state index contributed by atoms with van der Waals surface area (Å²) < 4.78 is 0. The van der Waals surface area contributed by atoms with E-state index in [1.807, 2.05) is 6.20 Å². The van der Waals surface area contributed by atoms with Crippen molar-refractivity contribution in [1.82, 2.24) is 9.88 Å². The van der Waals surface area contributed by atoms with Crippen LogP contribution in [0.2, 0.25) is 0 Å². The molecule has 0 aromatic carbocycles. The molecule has 102 valence electrons. The number of nitrogens with zero attached hydrogens (tertiary/aromatic N) is 3. The molecule has 0 amide bonds. The van der Waals surface area contributed by atoms with E-state index < -0.39 is 0 Å². The number of aromatic nitrogens is 1. The molecule has 1 aromatic rings. The number of rotatable bonds is 7. The minimum atomic E-state index is 0.551. The summed E-state index contributed by atoms with van der Waals surface area (Å²) in [6.07, 6.45) is 1.87. The molecule has 0 bridgehead atoms. The van der Waals surface area contributed by atoms with Crippen LogP contribution in [0.15, 0.2) is 18.3 Å². The fourth-order valence-corrected chi connectivity index (χ4v) is 1.79. The summed E-state index contributed by atoms with van der Waals surface area (Å²) in [5.74, 6) is 1.67. The first-order valence-corrected chi connectivity index (χ1v) is 6.57. The van der Waals surface area contributed by atoms with Gasteiger partial charge in [-0.1, -0.05) is 19.9 Å². The van der Waals surface area contributed by atoms with Gasteiger partial charge in [0.15, 0.2) is 0 Å². The number of pyridine rings is 1. The van der Waals surface area contributed by atoms with Gasteiger partial charge in [-0.25, -0.2) is 4.98 Å². The Kier molecular flexibility index (Phi) is 6.09. The van der Waals surface area contributed by atoms with E-state index in [0.717, 1.165) is 31.0 Å². The van der Waals surface area contributed by atoms with Gasteiger partial charge < -0.3 is 15.5 Å². The van der Waals surface area contributed by atoms with Gasteiger partial charge in [0.1, 0.15) is 5.82 Å². The Bertz CT molecular complexity index is 332. The van der Waals surface area contributed by atoms with Crippen LogP contribution in [-0.4, -0.2) is 43.6 Å². The lowest BCUT2D eigenvalue weighted by Crippen LogP contribution is -2.34. The van der Waals surface area contributed by atoms with Crippen molar-refractivity contribution in [3.63, 3.8) is 0 Å². The van der Waals surface area contributed by atoms with Crippen molar-refractivity contribution in [2.45, 2.75) is 20.4 Å². The van der Waals surface area contributed by atoms with Gasteiger partial charge in [-0.15, -0.1) is 0 Å². The van der Waals surface area contributed by atoms with Gasteiger partial charge in [-0.3, -0.25) is 0 Å². The fraction of sp³-hybridized carbons (Fsp3) is 0.643. The van der Waals surface area contributed by atoms with Crippen LogP contribution >= 0.6 is 0 Å². The highest BCUT2D eigenvalue weighted by molar-refractivity contribution is 5.39. The highest BCUT2D eigenvalue weighted by Crippen LogP contribution is 2.13. The van der Waals surface area contributed by atoms with E-state index in [2.05, 4.69) is 54.9 Å². The molecule has 0 radical (unpaired) electrons. The second kappa shape index (κ2) is 7.34. The van der Waals surface area contributed by atoms with Crippen molar-refractivity contribution in [2.75, 3.05) is 38.6 Å². The third-order valence-corrected chi connectivity index (χ3v) is 2.77. The molecule has 18 heavy (non-hydrogen) atoms. The van der Waals surface area contributed by atoms with Gasteiger partial charge in [0, 0.05) is 32.4 Å². The second-order valence-corrected chi connectivity index (χ2v) is 5.37. The molecule has 0 fully saturated rings. The molecule has 0 unspecified atom stereocenters. The number of hydrogen-bond acceptors (Lipinski definition) is 4. The molecule has 1 aromatic heterocycles. The Labute approximate surface area is 111 Å². The minimum absolute atomic E-state index is 0.551. The Balaban J connectivity index is 2.73. The molecule has 0 atom stereocenters. The lowest BCUT2D eigenvalue weighted by molar-refractivity contribution is 0.408. The fourth-order valence-electron chi connectivity index (χ4n) is 1.79. The monoisotopic (exact) mass is 250 g/mol. The quantitative estimate of drug-likeness (QED) is 0.798. The molecular formula is C14H26N4. The van der Waals surface area contributed by atoms with Crippen LogP contribution in [0.25, 0.3) is 0 Å². The number of nitrogens with two attached hydrogens (primary N) is 1. The number of likely N-dealkylation sites (N-methyl/N-ethyl adjacent to an activating group) is 1. The van der Waals surface area contributed by atoms with E-state index >= 15 is 0 Å². The molecular weight excluding hydrogens is 224 g/mol. The third-order valence-electron chi connectivity index (χ3n) is 2.77. The van der Waals surface area contributed by atoms with E-state index in [4.69, 9.17) is 5.73 Å². The van der Waals surface area contributed by atoms with Crippen molar-refractivity contribution in [2.24, 2.45) is 11.7 Å². The molecule has 1 heterocycles. The number of anilines is 1. The number of hydrogen-bond donors (Lipinski definition) is 1. The summed E-state index contributed by atoms with van der Waals surface area (Å²) in [4.78, 5) is 9.04. The molecule has 0 aliphatic carbocycles. The molecule has 0 aliphatic heterocycles. The normalized spacial score (nSPS) is 11.3. The maximum absolute atomic E-state index is 5.59. The van der Waals surface area contributed by atoms with E-state index in [1.165, 1.54) is 0 Å². The van der Waals surface area contributed by atoms with Crippen LogP contribution in [0.5, 0.6) is 0 Å². The van der Waals surface area contributed by atoms with Gasteiger partial charge >= 0.3 is 0 Å². The summed E-state index contributed by atoms with van der Waals surface area (Å²) in [5.41, 5.74) is 6.67. The highest BCUT2D eigenvalue weighted by Gasteiger charge is 2.10. The van der Waals surface area contributed by atoms with Crippen LogP contribution < -0.4 is 10.6 Å². The van der Waals surface area contributed by atoms with Crippen molar-refractivity contribution in [3.8, 4) is 0 Å². The predicted octanol–water partition coefficient (Wildman–Crippen LogP) is 1.56. The molecule has 4 heteroatoms. The van der Waals surface area contributed by atoms with Crippen molar-refractivity contribution < 1.29 is 0 Å². The summed E-state index contributed by atoms with van der Waals surface area (Å²) in [7, 11) is 4.19. The summed E-state index contributed by atoms with van der Waals surface area (Å²) in [6.45, 7) is 8.08. The van der Waals surface area contributed by atoms with Gasteiger partial charge in [-0.05, 0) is 31.6 Å². The second-order valence-electron chi connectivity index (χ2n) is 5.37. The smallest absolute Gasteiger partial charge is 0.128 e. The molecule has 4 nitrogen and oxygen atoms in total. The average molecular weight is 250 g/mol. The Morgan fingerprint density at radius 2 is 1.94 bits per heavy atom. The van der Waals surface area contributed by atoms with Crippen LogP contribution in [0, 0.1) is 5.92 Å². The molecule has 0 spiro atoms. The standard InChI is InChI=1S/C14H26N4/c1-12(2)11-18(8-7-17(3)4)14-6-5-13(9-15)10-16-14/h5-6,10,12H,7-9,11,15H2,1-4H3. The first kappa shape index (κ1) is 14.9. The largest absolute Gasteiger partial charge is 0.355 e. The average Bonchev–Trinajstić information content (AvgIpc) is 2.34. The van der Waals surface area contributed by atoms with Gasteiger partial charge in [0.2, 0.25) is 0 Å². The molecule has 0 aliphatic rings. The first-order valence-electron chi connectivity index (χ1n) is 6.57. The maximum Gasteiger partial charge on any atom is 0.128 e. The van der Waals surface area contributed by atoms with Crippen LogP contribution in [-0.2, 0) is 6.54 Å². The zero-order valence-electron chi connectivity index (χ0n) is 12.1. The summed E-state index contributed by atoms with van der Waals surface area (Å²) in [5, 5.41) is 0. The van der Waals surface area contributed by atoms with Crippen LogP contribution in [0.1, 0.15) is 19.4 Å². The minimum Gasteiger partial charge on any atom is -0.355 e. The van der Waals surface area contributed by atoms with Crippen molar-refractivity contribution >= 4 is 5.82 Å². The maximum atomic E-state index is 5.59. The SMILES string of the molecule is CC(C)CN(CCN(C)C)c1ccc(CN)cn1. The summed E-state index contributed by atoms with van der Waals surface area (Å²) >= 11 is 0. The molecule has 0 saturated heterocycles. The molecule has 2 N–H and O–H groups in total. The summed E-state index contributed by atoms with van der Waals surface area (Å²) in [6, 6.07) is 4.13. The van der Waals surface area contributed by atoms with E-state index in [0.29, 0.717) is 12.5 Å². The predicted molar refractivity (Wildman–Crippen MR) is 77.7 cm³/mol. The Hall–Kier alpha value is -1.13.